The number of halogens is 1. The van der Waals surface area contributed by atoms with Crippen LogP contribution in [0.3, 0.4) is 0 Å². The molecule has 0 bridgehead atoms. The maximum absolute atomic E-state index is 14.7. The topological polar surface area (TPSA) is 77.3 Å². The van der Waals surface area contributed by atoms with E-state index in [1.165, 1.54) is 0 Å². The van der Waals surface area contributed by atoms with E-state index in [-0.39, 0.29) is 11.9 Å². The van der Waals surface area contributed by atoms with Crippen LogP contribution in [0.25, 0.3) is 16.7 Å². The Morgan fingerprint density at radius 1 is 1.16 bits per heavy atom. The molecular formula is C22H27FN6O2. The predicted molar refractivity (Wildman–Crippen MR) is 116 cm³/mol. The Labute approximate surface area is 180 Å². The van der Waals surface area contributed by atoms with Crippen molar-refractivity contribution in [3.05, 3.63) is 35.5 Å². The number of hydrogen-bond acceptors (Lipinski definition) is 7. The van der Waals surface area contributed by atoms with Gasteiger partial charge in [-0.3, -0.25) is 0 Å². The van der Waals surface area contributed by atoms with Gasteiger partial charge in [-0.1, -0.05) is 0 Å². The molecule has 8 nitrogen and oxygen atoms in total. The lowest BCUT2D eigenvalue weighted by molar-refractivity contribution is 0.122. The van der Waals surface area contributed by atoms with Crippen LogP contribution in [0.2, 0.25) is 0 Å². The van der Waals surface area contributed by atoms with Crippen molar-refractivity contribution in [3.63, 3.8) is 0 Å². The molecule has 0 amide bonds. The highest BCUT2D eigenvalue weighted by atomic mass is 19.1. The third kappa shape index (κ3) is 3.83. The number of aryl methyl sites for hydroxylation is 1. The van der Waals surface area contributed by atoms with Crippen molar-refractivity contribution in [1.29, 1.82) is 0 Å². The normalized spacial score (nSPS) is 22.1. The number of benzene rings is 1. The Balaban J connectivity index is 1.59. The van der Waals surface area contributed by atoms with E-state index in [1.54, 1.807) is 11.8 Å². The first-order valence-electron chi connectivity index (χ1n) is 10.7. The van der Waals surface area contributed by atoms with Crippen LogP contribution in [-0.2, 0) is 4.74 Å². The molecule has 3 aromatic rings. The Morgan fingerprint density at radius 2 is 1.97 bits per heavy atom. The van der Waals surface area contributed by atoms with Crippen LogP contribution in [-0.4, -0.2) is 72.4 Å². The molecule has 2 aliphatic heterocycles. The number of hydrogen-bond donors (Lipinski definition) is 1. The number of nitrogens with zero attached hydrogens (tertiary/aromatic N) is 5. The van der Waals surface area contributed by atoms with Gasteiger partial charge < -0.3 is 19.7 Å². The molecular weight excluding hydrogens is 399 g/mol. The van der Waals surface area contributed by atoms with Crippen molar-refractivity contribution in [1.82, 2.24) is 25.1 Å². The van der Waals surface area contributed by atoms with E-state index in [9.17, 15) is 4.39 Å². The van der Waals surface area contributed by atoms with Crippen LogP contribution >= 0.6 is 0 Å². The minimum Gasteiger partial charge on any atom is -0.467 e. The first-order valence-corrected chi connectivity index (χ1v) is 10.7. The molecule has 2 aliphatic rings. The number of fused-ring (bicyclic) bond motifs is 1. The first-order chi connectivity index (χ1) is 15.1. The van der Waals surface area contributed by atoms with E-state index in [1.807, 2.05) is 19.2 Å². The molecule has 0 radical (unpaired) electrons. The second-order valence-electron chi connectivity index (χ2n) is 8.11. The van der Waals surface area contributed by atoms with Crippen LogP contribution < -0.4 is 15.0 Å². The average Bonchev–Trinajstić information content (AvgIpc) is 3.22. The molecule has 2 fully saturated rings. The molecule has 4 heterocycles. The van der Waals surface area contributed by atoms with Crippen molar-refractivity contribution >= 4 is 16.7 Å². The van der Waals surface area contributed by atoms with Gasteiger partial charge in [0.15, 0.2) is 5.82 Å². The Kier molecular flexibility index (Phi) is 5.45. The third-order valence-corrected chi connectivity index (χ3v) is 6.18. The van der Waals surface area contributed by atoms with Crippen LogP contribution in [0.5, 0.6) is 6.01 Å². The lowest BCUT2D eigenvalue weighted by atomic mass is 9.85. The fourth-order valence-corrected chi connectivity index (χ4v) is 4.51. The maximum Gasteiger partial charge on any atom is 0.320 e. The summed E-state index contributed by atoms with van der Waals surface area (Å²) < 4.78 is 27.3. The van der Waals surface area contributed by atoms with Gasteiger partial charge in [0.05, 0.1) is 32.0 Å². The number of rotatable bonds is 4. The van der Waals surface area contributed by atoms with Gasteiger partial charge in [0.25, 0.3) is 0 Å². The molecule has 0 aliphatic carbocycles. The van der Waals surface area contributed by atoms with Crippen molar-refractivity contribution in [2.24, 2.45) is 0 Å². The van der Waals surface area contributed by atoms with Gasteiger partial charge in [-0.2, -0.15) is 15.1 Å². The maximum atomic E-state index is 14.7. The highest BCUT2D eigenvalue weighted by Gasteiger charge is 2.28. The summed E-state index contributed by atoms with van der Waals surface area (Å²) >= 11 is 0. The van der Waals surface area contributed by atoms with E-state index < -0.39 is 6.17 Å². The van der Waals surface area contributed by atoms with Crippen LogP contribution in [0.4, 0.5) is 10.2 Å². The number of anilines is 1. The lowest BCUT2D eigenvalue weighted by Gasteiger charge is -2.28. The van der Waals surface area contributed by atoms with E-state index in [4.69, 9.17) is 9.47 Å². The zero-order valence-electron chi connectivity index (χ0n) is 17.8. The quantitative estimate of drug-likeness (QED) is 0.686. The monoisotopic (exact) mass is 426 g/mol. The second kappa shape index (κ2) is 8.39. The molecule has 1 aromatic carbocycles. The van der Waals surface area contributed by atoms with E-state index >= 15 is 0 Å². The number of morpholine rings is 1. The fraction of sp³-hybridized carbons (Fsp3) is 0.500. The minimum absolute atomic E-state index is 0.113. The zero-order chi connectivity index (χ0) is 21.4. The van der Waals surface area contributed by atoms with E-state index in [2.05, 4.69) is 37.4 Å². The molecule has 31 heavy (non-hydrogen) atoms. The summed E-state index contributed by atoms with van der Waals surface area (Å²) in [6.07, 6.45) is 1.71. The molecule has 9 heteroatoms. The van der Waals surface area contributed by atoms with E-state index in [0.29, 0.717) is 25.6 Å². The minimum atomic E-state index is -0.895. The number of ether oxygens (including phenoxy) is 2. The first kappa shape index (κ1) is 20.1. The van der Waals surface area contributed by atoms with Gasteiger partial charge in [-0.05, 0) is 43.1 Å². The average molecular weight is 426 g/mol. The predicted octanol–water partition coefficient (Wildman–Crippen LogP) is 2.38. The summed E-state index contributed by atoms with van der Waals surface area (Å²) in [5.41, 5.74) is 3.04. The molecule has 2 saturated heterocycles. The zero-order valence-corrected chi connectivity index (χ0v) is 17.8. The van der Waals surface area contributed by atoms with Crippen molar-refractivity contribution < 1.29 is 13.9 Å². The molecule has 164 valence electrons. The van der Waals surface area contributed by atoms with Crippen molar-refractivity contribution in [2.45, 2.75) is 25.4 Å². The Morgan fingerprint density at radius 3 is 2.74 bits per heavy atom. The summed E-state index contributed by atoms with van der Waals surface area (Å²) in [6, 6.07) is 6.37. The number of aromatic nitrogens is 4. The number of nitrogens with one attached hydrogen (secondary N) is 1. The van der Waals surface area contributed by atoms with Gasteiger partial charge in [0.1, 0.15) is 12.0 Å². The molecule has 1 N–H and O–H groups in total. The Bertz CT molecular complexity index is 1080. The number of alkyl halides is 1. The summed E-state index contributed by atoms with van der Waals surface area (Å²) in [5.74, 6) is 1.29. The summed E-state index contributed by atoms with van der Waals surface area (Å²) in [7, 11) is 1.56. The van der Waals surface area contributed by atoms with Crippen LogP contribution in [0.15, 0.2) is 24.4 Å². The van der Waals surface area contributed by atoms with Crippen molar-refractivity contribution in [2.75, 3.05) is 51.4 Å². The second-order valence-corrected chi connectivity index (χ2v) is 8.11. The number of piperidine rings is 1. The van der Waals surface area contributed by atoms with Gasteiger partial charge in [0, 0.05) is 37.0 Å². The molecule has 5 rings (SSSR count). The van der Waals surface area contributed by atoms with Gasteiger partial charge in [0.2, 0.25) is 0 Å². The summed E-state index contributed by atoms with van der Waals surface area (Å²) in [6.45, 7) is 6.12. The summed E-state index contributed by atoms with van der Waals surface area (Å²) in [5, 5.41) is 8.73. The van der Waals surface area contributed by atoms with Gasteiger partial charge in [-0.25, -0.2) is 9.07 Å². The van der Waals surface area contributed by atoms with E-state index in [0.717, 1.165) is 53.9 Å². The summed E-state index contributed by atoms with van der Waals surface area (Å²) in [4.78, 5) is 11.2. The van der Waals surface area contributed by atoms with Gasteiger partial charge >= 0.3 is 6.01 Å². The molecule has 0 spiro atoms. The Hall–Kier alpha value is -2.78. The van der Waals surface area contributed by atoms with Gasteiger partial charge in [-0.15, -0.1) is 0 Å². The lowest BCUT2D eigenvalue weighted by Crippen LogP contribution is -2.37. The highest BCUT2D eigenvalue weighted by molar-refractivity contribution is 5.82. The number of methoxy groups -OCH3 is 1. The van der Waals surface area contributed by atoms with Crippen molar-refractivity contribution in [3.8, 4) is 11.8 Å². The van der Waals surface area contributed by atoms with Crippen LogP contribution in [0.1, 0.15) is 23.5 Å². The SMILES string of the molecule is COc1nc(N2CCOCC2)cc(-n2ncc3cc(C)c([C@H]4CCNC[C@H]4F)cc32)n1. The third-order valence-electron chi connectivity index (χ3n) is 6.18. The smallest absolute Gasteiger partial charge is 0.320 e. The molecule has 0 saturated carbocycles. The molecule has 0 unspecified atom stereocenters. The molecule has 2 atom stereocenters. The largest absolute Gasteiger partial charge is 0.467 e. The molecule has 2 aromatic heterocycles. The highest BCUT2D eigenvalue weighted by Crippen LogP contribution is 2.33. The fourth-order valence-electron chi connectivity index (χ4n) is 4.51. The van der Waals surface area contributed by atoms with Crippen LogP contribution in [0, 0.1) is 6.92 Å². The standard InChI is InChI=1S/C22H27FN6O2/c1-14-9-15-12-25-29(19(15)10-17(14)16-3-4-24-13-18(16)23)21-11-20(26-22(27-21)30-2)28-5-7-31-8-6-28/h9-12,16,18,24H,3-8,13H2,1-2H3/t16-,18-/m1/s1.